The van der Waals surface area contributed by atoms with Gasteiger partial charge in [-0.3, -0.25) is 4.79 Å². The summed E-state index contributed by atoms with van der Waals surface area (Å²) >= 11 is 0. The van der Waals surface area contributed by atoms with Crippen LogP contribution in [0, 0.1) is 0 Å². The molecule has 0 aliphatic heterocycles. The second kappa shape index (κ2) is 10.3. The Labute approximate surface area is 181 Å². The van der Waals surface area contributed by atoms with Crippen molar-refractivity contribution in [3.63, 3.8) is 0 Å². The first kappa shape index (κ1) is 24.3. The molecule has 3 nitrogen and oxygen atoms in total. The van der Waals surface area contributed by atoms with Crippen molar-refractivity contribution in [1.82, 2.24) is 0 Å². The highest BCUT2D eigenvalue weighted by atomic mass is 19.4. The van der Waals surface area contributed by atoms with Crippen molar-refractivity contribution in [3.8, 4) is 11.1 Å². The van der Waals surface area contributed by atoms with E-state index in [0.29, 0.717) is 29.8 Å². The molecule has 0 atom stereocenters. The minimum Gasteiger partial charge on any atom is -0.481 e. The molecule has 0 unspecified atom stereocenters. The molecule has 31 heavy (non-hydrogen) atoms. The number of carboxylic acids is 1. The monoisotopic (exact) mass is 431 g/mol. The van der Waals surface area contributed by atoms with Gasteiger partial charge >= 0.3 is 12.1 Å². The molecule has 0 amide bonds. The van der Waals surface area contributed by atoms with Crippen LogP contribution in [0.15, 0.2) is 65.8 Å². The van der Waals surface area contributed by atoms with Gasteiger partial charge in [-0.05, 0) is 63.1 Å². The van der Waals surface area contributed by atoms with Crippen molar-refractivity contribution in [3.05, 3.63) is 76.9 Å². The Hall–Kier alpha value is -3.02. The number of aliphatic carboxylic acids is 1. The van der Waals surface area contributed by atoms with Crippen molar-refractivity contribution in [2.24, 2.45) is 0 Å². The van der Waals surface area contributed by atoms with Crippen molar-refractivity contribution in [2.45, 2.75) is 40.3 Å². The van der Waals surface area contributed by atoms with E-state index in [9.17, 15) is 23.1 Å². The molecule has 0 saturated carbocycles. The molecule has 166 valence electrons. The maximum Gasteiger partial charge on any atom is 0.416 e. The summed E-state index contributed by atoms with van der Waals surface area (Å²) in [6.07, 6.45) is -0.400. The van der Waals surface area contributed by atoms with Gasteiger partial charge < -0.3 is 10.0 Å². The van der Waals surface area contributed by atoms with Crippen molar-refractivity contribution in [1.29, 1.82) is 0 Å². The molecule has 2 aromatic rings. The lowest BCUT2D eigenvalue weighted by atomic mass is 9.97. The molecule has 0 fully saturated rings. The lowest BCUT2D eigenvalue weighted by Gasteiger charge is -2.26. The number of halogens is 3. The van der Waals surface area contributed by atoms with Gasteiger partial charge in [0.15, 0.2) is 0 Å². The Bertz CT molecular complexity index is 945. The molecule has 0 aliphatic carbocycles. The summed E-state index contributed by atoms with van der Waals surface area (Å²) in [5.74, 6) is -0.961. The first-order chi connectivity index (χ1) is 14.5. The number of benzene rings is 2. The largest absolute Gasteiger partial charge is 0.481 e. The standard InChI is InChI=1S/C25H28F3NO2/c1-17(2)11-13-29(14-12-18(3)4)23-10-5-19(16-24(30)31)15-22(23)20-6-8-21(9-7-20)25(26,27)28/h5-12,15H,13-14,16H2,1-4H3,(H,30,31). The smallest absolute Gasteiger partial charge is 0.416 e. The van der Waals surface area contributed by atoms with E-state index in [1.807, 2.05) is 33.8 Å². The van der Waals surface area contributed by atoms with Crippen LogP contribution in [0.1, 0.15) is 38.8 Å². The van der Waals surface area contributed by atoms with Crippen LogP contribution < -0.4 is 4.90 Å². The van der Waals surface area contributed by atoms with Crippen LogP contribution >= 0.6 is 0 Å². The SMILES string of the molecule is CC(C)=CCN(CC=C(C)C)c1ccc(CC(=O)O)cc1-c1ccc(C(F)(F)F)cc1. The zero-order valence-corrected chi connectivity index (χ0v) is 18.3. The van der Waals surface area contributed by atoms with Crippen LogP contribution in [0.5, 0.6) is 0 Å². The summed E-state index contributed by atoms with van der Waals surface area (Å²) in [5.41, 5.74) is 4.33. The summed E-state index contributed by atoms with van der Waals surface area (Å²) in [4.78, 5) is 13.3. The number of carbonyl (C=O) groups is 1. The predicted octanol–water partition coefficient (Wildman–Crippen LogP) is 6.74. The summed E-state index contributed by atoms with van der Waals surface area (Å²) in [6, 6.07) is 10.3. The van der Waals surface area contributed by atoms with Gasteiger partial charge in [0.1, 0.15) is 0 Å². The van der Waals surface area contributed by atoms with E-state index in [-0.39, 0.29) is 6.42 Å². The molecule has 2 rings (SSSR count). The number of carboxylic acid groups (broad SMARTS) is 1. The Morgan fingerprint density at radius 3 is 1.94 bits per heavy atom. The molecular formula is C25H28F3NO2. The zero-order valence-electron chi connectivity index (χ0n) is 18.3. The highest BCUT2D eigenvalue weighted by Crippen LogP contribution is 2.35. The van der Waals surface area contributed by atoms with E-state index < -0.39 is 17.7 Å². The molecule has 0 radical (unpaired) electrons. The Morgan fingerprint density at radius 2 is 1.48 bits per heavy atom. The molecule has 0 spiro atoms. The fourth-order valence-corrected chi connectivity index (χ4v) is 3.07. The van der Waals surface area contributed by atoms with Crippen LogP contribution in [0.3, 0.4) is 0 Å². The van der Waals surface area contributed by atoms with Gasteiger partial charge in [0.2, 0.25) is 0 Å². The van der Waals surface area contributed by atoms with Gasteiger partial charge in [0.05, 0.1) is 12.0 Å². The van der Waals surface area contributed by atoms with Crippen LogP contribution in [-0.2, 0) is 17.4 Å². The van der Waals surface area contributed by atoms with Crippen LogP contribution in [0.4, 0.5) is 18.9 Å². The third-order valence-corrected chi connectivity index (χ3v) is 4.72. The van der Waals surface area contributed by atoms with E-state index in [1.54, 1.807) is 12.1 Å². The maximum atomic E-state index is 13.0. The van der Waals surface area contributed by atoms with Gasteiger partial charge in [-0.1, -0.05) is 41.5 Å². The second-order valence-electron chi connectivity index (χ2n) is 7.97. The zero-order chi connectivity index (χ0) is 23.2. The number of allylic oxidation sites excluding steroid dienone is 2. The fourth-order valence-electron chi connectivity index (χ4n) is 3.07. The molecule has 2 aromatic carbocycles. The first-order valence-corrected chi connectivity index (χ1v) is 10.0. The average molecular weight is 431 g/mol. The van der Waals surface area contributed by atoms with Crippen molar-refractivity contribution >= 4 is 11.7 Å². The number of hydrogen-bond acceptors (Lipinski definition) is 2. The molecule has 6 heteroatoms. The quantitative estimate of drug-likeness (QED) is 0.471. The molecule has 0 heterocycles. The van der Waals surface area contributed by atoms with Crippen molar-refractivity contribution < 1.29 is 23.1 Å². The number of rotatable bonds is 8. The molecule has 1 N–H and O–H groups in total. The minimum absolute atomic E-state index is 0.157. The van der Waals surface area contributed by atoms with Gasteiger partial charge in [0, 0.05) is 24.3 Å². The molecule has 0 aliphatic rings. The summed E-state index contributed by atoms with van der Waals surface area (Å²) in [7, 11) is 0. The topological polar surface area (TPSA) is 40.5 Å². The van der Waals surface area contributed by atoms with Gasteiger partial charge in [-0.15, -0.1) is 0 Å². The number of alkyl halides is 3. The predicted molar refractivity (Wildman–Crippen MR) is 119 cm³/mol. The van der Waals surface area contributed by atoms with Crippen molar-refractivity contribution in [2.75, 3.05) is 18.0 Å². The Morgan fingerprint density at radius 1 is 0.935 bits per heavy atom. The van der Waals surface area contributed by atoms with E-state index >= 15 is 0 Å². The number of hydrogen-bond donors (Lipinski definition) is 1. The third-order valence-electron chi connectivity index (χ3n) is 4.72. The maximum absolute atomic E-state index is 13.0. The van der Waals surface area contributed by atoms with Gasteiger partial charge in [-0.25, -0.2) is 0 Å². The Kier molecular flexibility index (Phi) is 8.08. The summed E-state index contributed by atoms with van der Waals surface area (Å²) < 4.78 is 39.0. The lowest BCUT2D eigenvalue weighted by Crippen LogP contribution is -2.24. The van der Waals surface area contributed by atoms with Crippen LogP contribution in [-0.4, -0.2) is 24.2 Å². The van der Waals surface area contributed by atoms with Crippen LogP contribution in [0.25, 0.3) is 11.1 Å². The third kappa shape index (κ3) is 7.31. The molecule has 0 saturated heterocycles. The van der Waals surface area contributed by atoms with Gasteiger partial charge in [-0.2, -0.15) is 13.2 Å². The first-order valence-electron chi connectivity index (χ1n) is 10.0. The highest BCUT2D eigenvalue weighted by molar-refractivity contribution is 5.81. The summed E-state index contributed by atoms with van der Waals surface area (Å²) in [6.45, 7) is 9.27. The highest BCUT2D eigenvalue weighted by Gasteiger charge is 2.30. The number of nitrogens with zero attached hydrogens (tertiary/aromatic N) is 1. The van der Waals surface area contributed by atoms with Gasteiger partial charge in [0.25, 0.3) is 0 Å². The normalized spacial score (nSPS) is 11.1. The van der Waals surface area contributed by atoms with Crippen LogP contribution in [0.2, 0.25) is 0 Å². The molecular weight excluding hydrogens is 403 g/mol. The second-order valence-corrected chi connectivity index (χ2v) is 7.97. The average Bonchev–Trinajstić information content (AvgIpc) is 2.67. The van der Waals surface area contributed by atoms with E-state index in [1.165, 1.54) is 12.1 Å². The Balaban J connectivity index is 2.60. The fraction of sp³-hybridized carbons (Fsp3) is 0.320. The summed E-state index contributed by atoms with van der Waals surface area (Å²) in [5, 5.41) is 9.17. The van der Waals surface area contributed by atoms with E-state index in [0.717, 1.165) is 29.0 Å². The minimum atomic E-state index is -4.41. The number of anilines is 1. The molecule has 0 bridgehead atoms. The van der Waals surface area contributed by atoms with E-state index in [4.69, 9.17) is 0 Å². The molecule has 0 aromatic heterocycles. The van der Waals surface area contributed by atoms with E-state index in [2.05, 4.69) is 17.1 Å². The lowest BCUT2D eigenvalue weighted by molar-refractivity contribution is -0.138.